The van der Waals surface area contributed by atoms with E-state index in [2.05, 4.69) is 0 Å². The summed E-state index contributed by atoms with van der Waals surface area (Å²) in [6, 6.07) is 11.7. The van der Waals surface area contributed by atoms with E-state index in [-0.39, 0.29) is 40.9 Å². The summed E-state index contributed by atoms with van der Waals surface area (Å²) in [5.41, 5.74) is 0.987. The summed E-state index contributed by atoms with van der Waals surface area (Å²) < 4.78 is 1.24. The van der Waals surface area contributed by atoms with E-state index < -0.39 is 17.1 Å². The summed E-state index contributed by atoms with van der Waals surface area (Å²) in [5.74, 6) is -1.72. The summed E-state index contributed by atoms with van der Waals surface area (Å²) in [6.45, 7) is 0. The van der Waals surface area contributed by atoms with Gasteiger partial charge in [-0.3, -0.25) is 9.59 Å². The van der Waals surface area contributed by atoms with Gasteiger partial charge in [0, 0.05) is 29.1 Å². The molecule has 0 spiro atoms. The number of hydrogen-bond donors (Lipinski definition) is 0. The Hall–Kier alpha value is -2.21. The van der Waals surface area contributed by atoms with Crippen LogP contribution in [0.2, 0.25) is 0 Å². The van der Waals surface area contributed by atoms with Gasteiger partial charge >= 0.3 is 29.6 Å². The molecular weight excluding hydrogens is 317 g/mol. The fourth-order valence-electron chi connectivity index (χ4n) is 3.28. The minimum atomic E-state index is -1.54. The first-order valence-corrected chi connectivity index (χ1v) is 7.03. The fraction of sp³-hybridized carbons (Fsp3) is 0.0556. The van der Waals surface area contributed by atoms with E-state index in [0.717, 1.165) is 0 Å². The van der Waals surface area contributed by atoms with Gasteiger partial charge in [0.15, 0.2) is 5.78 Å². The van der Waals surface area contributed by atoms with Crippen LogP contribution in [-0.2, 0) is 7.05 Å². The minimum Gasteiger partial charge on any atom is -0.545 e. The van der Waals surface area contributed by atoms with E-state index in [1.165, 1.54) is 11.6 Å². The molecular formula is C18H10NNaO4. The number of rotatable bonds is 1. The maximum absolute atomic E-state index is 12.7. The molecule has 0 N–H and O–H groups in total. The Morgan fingerprint density at radius 3 is 2.25 bits per heavy atom. The van der Waals surface area contributed by atoms with E-state index >= 15 is 0 Å². The minimum absolute atomic E-state index is 0. The van der Waals surface area contributed by atoms with Gasteiger partial charge < -0.3 is 14.5 Å². The maximum Gasteiger partial charge on any atom is 1.00 e. The first kappa shape index (κ1) is 16.6. The molecule has 6 heteroatoms. The molecule has 0 amide bonds. The van der Waals surface area contributed by atoms with Crippen molar-refractivity contribution < 1.29 is 44.3 Å². The van der Waals surface area contributed by atoms with Crippen LogP contribution in [0.15, 0.2) is 47.3 Å². The molecule has 1 heterocycles. The van der Waals surface area contributed by atoms with Crippen LogP contribution in [0.3, 0.4) is 0 Å². The van der Waals surface area contributed by atoms with Crippen molar-refractivity contribution in [3.63, 3.8) is 0 Å². The normalized spacial score (nSPS) is 11.8. The molecule has 2 aromatic carbocycles. The zero-order chi connectivity index (χ0) is 16.3. The summed E-state index contributed by atoms with van der Waals surface area (Å²) >= 11 is 0. The number of hydrogen-bond acceptors (Lipinski definition) is 4. The summed E-state index contributed by atoms with van der Waals surface area (Å²) in [5, 5.41) is 12.1. The van der Waals surface area contributed by atoms with E-state index in [4.69, 9.17) is 0 Å². The number of nitrogens with zero attached hydrogens (tertiary/aromatic N) is 1. The first-order valence-electron chi connectivity index (χ1n) is 7.03. The molecule has 0 saturated heterocycles. The Balaban J connectivity index is 0.00000169. The second-order valence-electron chi connectivity index (χ2n) is 5.48. The van der Waals surface area contributed by atoms with Gasteiger partial charge in [0.1, 0.15) is 0 Å². The number of carboxylic acids is 1. The van der Waals surface area contributed by atoms with Crippen molar-refractivity contribution in [3.8, 4) is 11.1 Å². The van der Waals surface area contributed by atoms with Crippen LogP contribution >= 0.6 is 0 Å². The monoisotopic (exact) mass is 327 g/mol. The average Bonchev–Trinajstić information content (AvgIpc) is 2.55. The van der Waals surface area contributed by atoms with Crippen molar-refractivity contribution in [1.29, 1.82) is 0 Å². The molecule has 1 aliphatic rings. The van der Waals surface area contributed by atoms with Crippen molar-refractivity contribution in [1.82, 2.24) is 4.57 Å². The third-order valence-electron chi connectivity index (χ3n) is 4.31. The van der Waals surface area contributed by atoms with Gasteiger partial charge in [0.2, 0.25) is 0 Å². The van der Waals surface area contributed by atoms with E-state index in [9.17, 15) is 19.5 Å². The van der Waals surface area contributed by atoms with Gasteiger partial charge in [-0.25, -0.2) is 0 Å². The van der Waals surface area contributed by atoms with Gasteiger partial charge in [0.05, 0.1) is 17.0 Å². The van der Waals surface area contributed by atoms with Crippen molar-refractivity contribution >= 4 is 22.7 Å². The number of aromatic carboxylic acids is 1. The molecule has 112 valence electrons. The van der Waals surface area contributed by atoms with Gasteiger partial charge in [0.25, 0.3) is 5.56 Å². The van der Waals surface area contributed by atoms with Crippen LogP contribution in [0.1, 0.15) is 26.3 Å². The number of carboxylic acid groups (broad SMARTS) is 1. The Morgan fingerprint density at radius 1 is 0.958 bits per heavy atom. The molecule has 0 aliphatic heterocycles. The number of pyridine rings is 1. The molecule has 0 saturated carbocycles. The van der Waals surface area contributed by atoms with Crippen LogP contribution in [0.25, 0.3) is 22.0 Å². The summed E-state index contributed by atoms with van der Waals surface area (Å²) in [7, 11) is 1.49. The Morgan fingerprint density at radius 2 is 1.58 bits per heavy atom. The molecule has 3 aromatic rings. The maximum atomic E-state index is 12.7. The third-order valence-corrected chi connectivity index (χ3v) is 4.31. The average molecular weight is 327 g/mol. The molecule has 1 aromatic heterocycles. The number of ketones is 1. The van der Waals surface area contributed by atoms with Crippen LogP contribution in [0.4, 0.5) is 0 Å². The smallest absolute Gasteiger partial charge is 0.545 e. The Labute approximate surface area is 158 Å². The number of carbonyl (C=O) groups excluding carboxylic acids is 2. The second-order valence-corrected chi connectivity index (χ2v) is 5.48. The molecule has 0 atom stereocenters. The number of carbonyl (C=O) groups is 2. The van der Waals surface area contributed by atoms with E-state index in [0.29, 0.717) is 27.6 Å². The topological polar surface area (TPSA) is 79.2 Å². The molecule has 0 radical (unpaired) electrons. The summed E-state index contributed by atoms with van der Waals surface area (Å²) in [4.78, 5) is 36.8. The van der Waals surface area contributed by atoms with Crippen molar-refractivity contribution in [2.45, 2.75) is 0 Å². The zero-order valence-corrected chi connectivity index (χ0v) is 15.1. The van der Waals surface area contributed by atoms with Crippen LogP contribution in [0, 0.1) is 0 Å². The predicted molar refractivity (Wildman–Crippen MR) is 82.4 cm³/mol. The quantitative estimate of drug-likeness (QED) is 0.383. The van der Waals surface area contributed by atoms with Gasteiger partial charge in [-0.2, -0.15) is 0 Å². The number of fused-ring (bicyclic) bond motifs is 2. The fourth-order valence-corrected chi connectivity index (χ4v) is 3.28. The van der Waals surface area contributed by atoms with Crippen molar-refractivity contribution in [2.75, 3.05) is 0 Å². The van der Waals surface area contributed by atoms with Crippen LogP contribution in [0.5, 0.6) is 0 Å². The standard InChI is InChI=1S/C18H11NO4.Na/c1-19-12-8-4-7-11-13(12)14(15(17(19)21)18(22)23)9-5-2-3-6-10(9)16(11)20;/h2-8H,1H3,(H,22,23);/q;+1/p-1. The van der Waals surface area contributed by atoms with Gasteiger partial charge in [-0.05, 0) is 11.6 Å². The SMILES string of the molecule is Cn1c(=O)c(C(=O)[O-])c2c3c(cccc31)C(=O)c1ccccc1-2.[Na+]. The molecule has 4 rings (SSSR count). The molecule has 0 unspecified atom stereocenters. The molecule has 0 bridgehead atoms. The van der Waals surface area contributed by atoms with Crippen molar-refractivity contribution in [2.24, 2.45) is 7.05 Å². The Bertz CT molecular complexity index is 1100. The van der Waals surface area contributed by atoms with Gasteiger partial charge in [-0.1, -0.05) is 36.4 Å². The van der Waals surface area contributed by atoms with Crippen LogP contribution in [-0.4, -0.2) is 16.3 Å². The number of aromatic nitrogens is 1. The zero-order valence-electron chi connectivity index (χ0n) is 13.1. The van der Waals surface area contributed by atoms with E-state index in [1.54, 1.807) is 42.5 Å². The second kappa shape index (κ2) is 5.70. The van der Waals surface area contributed by atoms with Crippen molar-refractivity contribution in [3.05, 3.63) is 69.5 Å². The first-order chi connectivity index (χ1) is 11.0. The number of benzene rings is 2. The summed E-state index contributed by atoms with van der Waals surface area (Å²) in [6.07, 6.45) is 0. The molecule has 1 aliphatic carbocycles. The molecule has 5 nitrogen and oxygen atoms in total. The van der Waals surface area contributed by atoms with Gasteiger partial charge in [-0.15, -0.1) is 0 Å². The molecule has 0 fully saturated rings. The largest absolute Gasteiger partial charge is 1.00 e. The Kier molecular flexibility index (Phi) is 3.95. The van der Waals surface area contributed by atoms with E-state index in [1.807, 2.05) is 0 Å². The predicted octanol–water partition coefficient (Wildman–Crippen LogP) is -1.88. The third kappa shape index (κ3) is 2.02. The number of aryl methyl sites for hydroxylation is 1. The van der Waals surface area contributed by atoms with Crippen LogP contribution < -0.4 is 40.2 Å². The molecule has 24 heavy (non-hydrogen) atoms.